The van der Waals surface area contributed by atoms with Crippen molar-refractivity contribution < 1.29 is 9.90 Å². The Labute approximate surface area is 113 Å². The molecule has 2 heterocycles. The van der Waals surface area contributed by atoms with Crippen molar-refractivity contribution in [2.45, 2.75) is 32.2 Å². The number of carboxylic acids is 1. The molecule has 2 rings (SSSR count). The van der Waals surface area contributed by atoms with Crippen molar-refractivity contribution in [1.29, 1.82) is 0 Å². The van der Waals surface area contributed by atoms with Crippen LogP contribution in [-0.4, -0.2) is 47.2 Å². The Morgan fingerprint density at radius 2 is 2.05 bits per heavy atom. The molecule has 1 unspecified atom stereocenters. The third-order valence-electron chi connectivity index (χ3n) is 3.62. The fraction of sp³-hybridized carbons (Fsp3) is 0.615. The van der Waals surface area contributed by atoms with Gasteiger partial charge in [0, 0.05) is 26.2 Å². The summed E-state index contributed by atoms with van der Waals surface area (Å²) in [7, 11) is 1.74. The molecule has 1 atom stereocenters. The van der Waals surface area contributed by atoms with Crippen LogP contribution >= 0.6 is 0 Å². The van der Waals surface area contributed by atoms with Crippen LogP contribution in [0, 0.1) is 0 Å². The van der Waals surface area contributed by atoms with Gasteiger partial charge in [-0.05, 0) is 26.2 Å². The van der Waals surface area contributed by atoms with E-state index >= 15 is 0 Å². The summed E-state index contributed by atoms with van der Waals surface area (Å²) >= 11 is 0. The standard InChI is InChI=1S/C13H20N4O2/c1-10(13(18)19)16(2)11-8-12(15-9-14-11)17-6-4-3-5-7-17/h8-10H,3-7H2,1-2H3,(H,18,19). The molecule has 1 saturated heterocycles. The largest absolute Gasteiger partial charge is 0.480 e. The molecular formula is C13H20N4O2. The number of aliphatic carboxylic acids is 1. The first-order chi connectivity index (χ1) is 9.09. The predicted molar refractivity (Wildman–Crippen MR) is 73.6 cm³/mol. The molecule has 0 aromatic carbocycles. The minimum Gasteiger partial charge on any atom is -0.480 e. The molecule has 1 aromatic rings. The van der Waals surface area contributed by atoms with Crippen LogP contribution in [0.4, 0.5) is 11.6 Å². The molecule has 0 amide bonds. The summed E-state index contributed by atoms with van der Waals surface area (Å²) < 4.78 is 0. The second kappa shape index (κ2) is 5.86. The van der Waals surface area contributed by atoms with Gasteiger partial charge in [-0.3, -0.25) is 0 Å². The van der Waals surface area contributed by atoms with E-state index < -0.39 is 12.0 Å². The summed E-state index contributed by atoms with van der Waals surface area (Å²) in [4.78, 5) is 23.3. The van der Waals surface area contributed by atoms with Crippen LogP contribution < -0.4 is 9.80 Å². The highest BCUT2D eigenvalue weighted by molar-refractivity contribution is 5.77. The molecule has 0 aliphatic carbocycles. The van der Waals surface area contributed by atoms with Crippen LogP contribution in [-0.2, 0) is 4.79 Å². The lowest BCUT2D eigenvalue weighted by Crippen LogP contribution is -2.36. The minimum absolute atomic E-state index is 0.607. The summed E-state index contributed by atoms with van der Waals surface area (Å²) in [5, 5.41) is 9.04. The second-order valence-corrected chi connectivity index (χ2v) is 4.91. The van der Waals surface area contributed by atoms with E-state index in [1.54, 1.807) is 18.9 Å². The molecule has 1 aromatic heterocycles. The van der Waals surface area contributed by atoms with E-state index in [0.29, 0.717) is 5.82 Å². The summed E-state index contributed by atoms with van der Waals surface area (Å²) in [6.45, 7) is 3.66. The molecule has 0 radical (unpaired) electrons. The van der Waals surface area contributed by atoms with Gasteiger partial charge in [0.25, 0.3) is 0 Å². The number of nitrogens with zero attached hydrogens (tertiary/aromatic N) is 4. The van der Waals surface area contributed by atoms with Crippen LogP contribution in [0.25, 0.3) is 0 Å². The highest BCUT2D eigenvalue weighted by atomic mass is 16.4. The number of piperidine rings is 1. The lowest BCUT2D eigenvalue weighted by Gasteiger charge is -2.29. The molecular weight excluding hydrogens is 244 g/mol. The number of anilines is 2. The fourth-order valence-corrected chi connectivity index (χ4v) is 2.19. The Balaban J connectivity index is 2.16. The van der Waals surface area contributed by atoms with Gasteiger partial charge in [-0.25, -0.2) is 14.8 Å². The number of carboxylic acid groups (broad SMARTS) is 1. The number of rotatable bonds is 4. The average Bonchev–Trinajstić information content (AvgIpc) is 2.46. The zero-order valence-electron chi connectivity index (χ0n) is 11.4. The van der Waals surface area contributed by atoms with Gasteiger partial charge in [0.05, 0.1) is 0 Å². The molecule has 19 heavy (non-hydrogen) atoms. The molecule has 1 aliphatic rings. The van der Waals surface area contributed by atoms with E-state index in [1.165, 1.54) is 25.6 Å². The topological polar surface area (TPSA) is 69.6 Å². The number of hydrogen-bond acceptors (Lipinski definition) is 5. The molecule has 1 fully saturated rings. The van der Waals surface area contributed by atoms with Crippen LogP contribution in [0.2, 0.25) is 0 Å². The molecule has 0 bridgehead atoms. The van der Waals surface area contributed by atoms with E-state index in [1.807, 2.05) is 6.07 Å². The van der Waals surface area contributed by atoms with Gasteiger partial charge in [0.2, 0.25) is 0 Å². The fourth-order valence-electron chi connectivity index (χ4n) is 2.19. The monoisotopic (exact) mass is 264 g/mol. The normalized spacial score (nSPS) is 17.1. The van der Waals surface area contributed by atoms with E-state index in [9.17, 15) is 4.79 Å². The van der Waals surface area contributed by atoms with Crippen molar-refractivity contribution in [3.8, 4) is 0 Å². The zero-order chi connectivity index (χ0) is 13.8. The first-order valence-corrected chi connectivity index (χ1v) is 6.62. The third-order valence-corrected chi connectivity index (χ3v) is 3.62. The van der Waals surface area contributed by atoms with Crippen molar-refractivity contribution in [1.82, 2.24) is 9.97 Å². The highest BCUT2D eigenvalue weighted by Crippen LogP contribution is 2.21. The van der Waals surface area contributed by atoms with Gasteiger partial charge in [-0.1, -0.05) is 0 Å². The van der Waals surface area contributed by atoms with Gasteiger partial charge < -0.3 is 14.9 Å². The van der Waals surface area contributed by atoms with Crippen molar-refractivity contribution in [3.63, 3.8) is 0 Å². The Hall–Kier alpha value is -1.85. The SMILES string of the molecule is CC(C(=O)O)N(C)c1cc(N2CCCCC2)ncn1. The molecule has 104 valence electrons. The minimum atomic E-state index is -0.861. The van der Waals surface area contributed by atoms with Crippen LogP contribution in [0.1, 0.15) is 26.2 Å². The number of likely N-dealkylation sites (N-methyl/N-ethyl adjacent to an activating group) is 1. The van der Waals surface area contributed by atoms with Crippen LogP contribution in [0.3, 0.4) is 0 Å². The Bertz CT molecular complexity index is 446. The quantitative estimate of drug-likeness (QED) is 0.886. The number of hydrogen-bond donors (Lipinski definition) is 1. The summed E-state index contributed by atoms with van der Waals surface area (Å²) in [5.74, 6) is 0.667. The van der Waals surface area contributed by atoms with Crippen molar-refractivity contribution in [2.24, 2.45) is 0 Å². The Morgan fingerprint density at radius 1 is 1.37 bits per heavy atom. The highest BCUT2D eigenvalue weighted by Gasteiger charge is 2.20. The molecule has 1 aliphatic heterocycles. The molecule has 0 saturated carbocycles. The van der Waals surface area contributed by atoms with Crippen molar-refractivity contribution >= 4 is 17.6 Å². The summed E-state index contributed by atoms with van der Waals surface area (Å²) in [6.07, 6.45) is 5.14. The van der Waals surface area contributed by atoms with Crippen LogP contribution in [0.5, 0.6) is 0 Å². The third kappa shape index (κ3) is 3.13. The second-order valence-electron chi connectivity index (χ2n) is 4.91. The van der Waals surface area contributed by atoms with E-state index in [4.69, 9.17) is 5.11 Å². The molecule has 1 N–H and O–H groups in total. The van der Waals surface area contributed by atoms with Crippen molar-refractivity contribution in [3.05, 3.63) is 12.4 Å². The lowest BCUT2D eigenvalue weighted by molar-refractivity contribution is -0.138. The van der Waals surface area contributed by atoms with Crippen molar-refractivity contribution in [2.75, 3.05) is 29.9 Å². The average molecular weight is 264 g/mol. The van der Waals surface area contributed by atoms with E-state index in [2.05, 4.69) is 14.9 Å². The molecule has 6 heteroatoms. The van der Waals surface area contributed by atoms with Gasteiger partial charge >= 0.3 is 5.97 Å². The zero-order valence-corrected chi connectivity index (χ0v) is 11.4. The Kier molecular flexibility index (Phi) is 4.19. The Morgan fingerprint density at radius 3 is 2.68 bits per heavy atom. The first-order valence-electron chi connectivity index (χ1n) is 6.62. The van der Waals surface area contributed by atoms with Crippen LogP contribution in [0.15, 0.2) is 12.4 Å². The predicted octanol–water partition coefficient (Wildman–Crippen LogP) is 1.38. The first kappa shape index (κ1) is 13.6. The molecule has 6 nitrogen and oxygen atoms in total. The van der Waals surface area contributed by atoms with Gasteiger partial charge in [0.1, 0.15) is 24.0 Å². The molecule has 0 spiro atoms. The summed E-state index contributed by atoms with van der Waals surface area (Å²) in [5.41, 5.74) is 0. The summed E-state index contributed by atoms with van der Waals surface area (Å²) in [6, 6.07) is 1.26. The van der Waals surface area contributed by atoms with E-state index in [0.717, 1.165) is 18.9 Å². The maximum Gasteiger partial charge on any atom is 0.326 e. The van der Waals surface area contributed by atoms with E-state index in [-0.39, 0.29) is 0 Å². The number of aromatic nitrogens is 2. The lowest BCUT2D eigenvalue weighted by atomic mass is 10.1. The smallest absolute Gasteiger partial charge is 0.326 e. The van der Waals surface area contributed by atoms with Gasteiger partial charge in [-0.2, -0.15) is 0 Å². The van der Waals surface area contributed by atoms with Gasteiger partial charge in [-0.15, -0.1) is 0 Å². The van der Waals surface area contributed by atoms with Gasteiger partial charge in [0.15, 0.2) is 0 Å². The number of carbonyl (C=O) groups is 1. The maximum atomic E-state index is 11.0. The maximum absolute atomic E-state index is 11.0.